The van der Waals surface area contributed by atoms with Crippen molar-refractivity contribution in [1.82, 2.24) is 9.80 Å². The molecule has 0 aliphatic carbocycles. The summed E-state index contributed by atoms with van der Waals surface area (Å²) in [5, 5.41) is 2.73. The van der Waals surface area contributed by atoms with Crippen molar-refractivity contribution in [3.63, 3.8) is 0 Å². The Morgan fingerprint density at radius 3 is 2.71 bits per heavy atom. The zero-order chi connectivity index (χ0) is 15.2. The maximum absolute atomic E-state index is 13.1. The number of benzene rings is 1. The third kappa shape index (κ3) is 4.68. The van der Waals surface area contributed by atoms with Gasteiger partial charge in [0.25, 0.3) is 0 Å². The van der Waals surface area contributed by atoms with E-state index in [1.54, 1.807) is 17.0 Å². The van der Waals surface area contributed by atoms with E-state index in [0.29, 0.717) is 31.2 Å². The summed E-state index contributed by atoms with van der Waals surface area (Å²) in [5.41, 5.74) is 6.12. The number of carbonyl (C=O) groups excluding carboxylic acids is 1. The number of nitrogens with two attached hydrogens (primary N) is 1. The molecule has 5 nitrogen and oxygen atoms in total. The number of nitrogens with zero attached hydrogens (tertiary/aromatic N) is 2. The maximum atomic E-state index is 13.1. The molecule has 1 aliphatic heterocycles. The van der Waals surface area contributed by atoms with Crippen molar-refractivity contribution in [3.05, 3.63) is 30.1 Å². The molecule has 1 atom stereocenters. The SMILES string of the molecule is CC(CN)CN1CCN(C(=O)Nc2cccc(F)c2)CC1. The predicted octanol–water partition coefficient (Wildman–Crippen LogP) is 1.57. The highest BCUT2D eigenvalue weighted by Crippen LogP contribution is 2.11. The van der Waals surface area contributed by atoms with Crippen LogP contribution in [0.25, 0.3) is 0 Å². The molecule has 1 heterocycles. The van der Waals surface area contributed by atoms with Crippen molar-refractivity contribution in [2.75, 3.05) is 44.6 Å². The van der Waals surface area contributed by atoms with Crippen molar-refractivity contribution >= 4 is 11.7 Å². The number of carbonyl (C=O) groups is 1. The van der Waals surface area contributed by atoms with Gasteiger partial charge in [-0.2, -0.15) is 0 Å². The molecule has 2 rings (SSSR count). The third-order valence-corrected chi connectivity index (χ3v) is 3.71. The molecule has 21 heavy (non-hydrogen) atoms. The molecule has 0 aromatic heterocycles. The lowest BCUT2D eigenvalue weighted by molar-refractivity contribution is 0.137. The van der Waals surface area contributed by atoms with Gasteiger partial charge in [0, 0.05) is 38.4 Å². The molecule has 0 saturated carbocycles. The number of hydrogen-bond acceptors (Lipinski definition) is 3. The van der Waals surface area contributed by atoms with E-state index in [4.69, 9.17) is 5.73 Å². The highest BCUT2D eigenvalue weighted by atomic mass is 19.1. The Balaban J connectivity index is 1.80. The van der Waals surface area contributed by atoms with E-state index in [1.807, 2.05) is 0 Å². The number of anilines is 1. The van der Waals surface area contributed by atoms with E-state index in [0.717, 1.165) is 19.6 Å². The van der Waals surface area contributed by atoms with E-state index >= 15 is 0 Å². The molecule has 0 spiro atoms. The van der Waals surface area contributed by atoms with Crippen LogP contribution in [0, 0.1) is 11.7 Å². The first-order chi connectivity index (χ1) is 10.1. The first-order valence-corrected chi connectivity index (χ1v) is 7.32. The second-order valence-electron chi connectivity index (χ2n) is 5.57. The lowest BCUT2D eigenvalue weighted by Crippen LogP contribution is -2.51. The Morgan fingerprint density at radius 2 is 2.10 bits per heavy atom. The first kappa shape index (κ1) is 15.7. The van der Waals surface area contributed by atoms with Crippen LogP contribution in [0.1, 0.15) is 6.92 Å². The van der Waals surface area contributed by atoms with Crippen molar-refractivity contribution < 1.29 is 9.18 Å². The van der Waals surface area contributed by atoms with Crippen molar-refractivity contribution in [2.45, 2.75) is 6.92 Å². The van der Waals surface area contributed by atoms with Gasteiger partial charge in [0.2, 0.25) is 0 Å². The molecule has 1 aliphatic rings. The summed E-state index contributed by atoms with van der Waals surface area (Å²) in [6.45, 7) is 6.83. The summed E-state index contributed by atoms with van der Waals surface area (Å²) in [7, 11) is 0. The van der Waals surface area contributed by atoms with Crippen LogP contribution in [0.5, 0.6) is 0 Å². The van der Waals surface area contributed by atoms with Gasteiger partial charge in [0.15, 0.2) is 0 Å². The van der Waals surface area contributed by atoms with Gasteiger partial charge in [0.1, 0.15) is 5.82 Å². The van der Waals surface area contributed by atoms with Crippen LogP contribution in [0.15, 0.2) is 24.3 Å². The van der Waals surface area contributed by atoms with Gasteiger partial charge in [-0.1, -0.05) is 13.0 Å². The second-order valence-corrected chi connectivity index (χ2v) is 5.57. The Morgan fingerprint density at radius 1 is 1.38 bits per heavy atom. The van der Waals surface area contributed by atoms with Crippen molar-refractivity contribution in [1.29, 1.82) is 0 Å². The van der Waals surface area contributed by atoms with Gasteiger partial charge in [-0.15, -0.1) is 0 Å². The molecule has 0 bridgehead atoms. The second kappa shape index (κ2) is 7.38. The summed E-state index contributed by atoms with van der Waals surface area (Å²) in [5.74, 6) is 0.117. The van der Waals surface area contributed by atoms with Crippen LogP contribution >= 0.6 is 0 Å². The summed E-state index contributed by atoms with van der Waals surface area (Å²) in [4.78, 5) is 16.2. The van der Waals surface area contributed by atoms with Gasteiger partial charge in [-0.05, 0) is 30.7 Å². The number of hydrogen-bond donors (Lipinski definition) is 2. The third-order valence-electron chi connectivity index (χ3n) is 3.71. The topological polar surface area (TPSA) is 61.6 Å². The molecule has 0 radical (unpaired) electrons. The average Bonchev–Trinajstić information content (AvgIpc) is 2.47. The summed E-state index contributed by atoms with van der Waals surface area (Å²) in [6, 6.07) is 5.76. The number of amides is 2. The van der Waals surface area contributed by atoms with Crippen molar-refractivity contribution in [2.24, 2.45) is 11.7 Å². The summed E-state index contributed by atoms with van der Waals surface area (Å²) < 4.78 is 13.1. The lowest BCUT2D eigenvalue weighted by Gasteiger charge is -2.35. The molecular formula is C15H23FN4O. The Hall–Kier alpha value is -1.66. The minimum atomic E-state index is -0.353. The molecule has 6 heteroatoms. The van der Waals surface area contributed by atoms with E-state index in [9.17, 15) is 9.18 Å². The average molecular weight is 294 g/mol. The molecule has 3 N–H and O–H groups in total. The Kier molecular flexibility index (Phi) is 5.52. The first-order valence-electron chi connectivity index (χ1n) is 7.32. The maximum Gasteiger partial charge on any atom is 0.321 e. The molecule has 1 fully saturated rings. The highest BCUT2D eigenvalue weighted by Gasteiger charge is 2.21. The minimum Gasteiger partial charge on any atom is -0.330 e. The number of urea groups is 1. The number of halogens is 1. The fourth-order valence-corrected chi connectivity index (χ4v) is 2.42. The van der Waals surface area contributed by atoms with E-state index in [1.165, 1.54) is 12.1 Å². The van der Waals surface area contributed by atoms with E-state index in [-0.39, 0.29) is 11.8 Å². The predicted molar refractivity (Wildman–Crippen MR) is 81.7 cm³/mol. The molecular weight excluding hydrogens is 271 g/mol. The molecule has 1 aromatic carbocycles. The number of piperazine rings is 1. The fraction of sp³-hybridized carbons (Fsp3) is 0.533. The molecule has 116 valence electrons. The summed E-state index contributed by atoms with van der Waals surface area (Å²) >= 11 is 0. The molecule has 1 unspecified atom stereocenters. The molecule has 1 aromatic rings. The van der Waals surface area contributed by atoms with Crippen molar-refractivity contribution in [3.8, 4) is 0 Å². The van der Waals surface area contributed by atoms with Crippen LogP contribution in [0.2, 0.25) is 0 Å². The zero-order valence-corrected chi connectivity index (χ0v) is 12.4. The Labute approximate surface area is 124 Å². The standard InChI is InChI=1S/C15H23FN4O/c1-12(10-17)11-19-5-7-20(8-6-19)15(21)18-14-4-2-3-13(16)9-14/h2-4,9,12H,5-8,10-11,17H2,1H3,(H,18,21). The normalized spacial score (nSPS) is 17.6. The van der Waals surface area contributed by atoms with E-state index in [2.05, 4.69) is 17.1 Å². The lowest BCUT2D eigenvalue weighted by atomic mass is 10.1. The van der Waals surface area contributed by atoms with Gasteiger partial charge in [-0.3, -0.25) is 4.90 Å². The van der Waals surface area contributed by atoms with Crippen LogP contribution < -0.4 is 11.1 Å². The van der Waals surface area contributed by atoms with Gasteiger partial charge < -0.3 is 16.0 Å². The van der Waals surface area contributed by atoms with Gasteiger partial charge >= 0.3 is 6.03 Å². The quantitative estimate of drug-likeness (QED) is 0.886. The Bertz CT molecular complexity index is 474. The fourth-order valence-electron chi connectivity index (χ4n) is 2.42. The minimum absolute atomic E-state index is 0.174. The number of nitrogens with one attached hydrogen (secondary N) is 1. The van der Waals surface area contributed by atoms with Gasteiger partial charge in [0.05, 0.1) is 0 Å². The van der Waals surface area contributed by atoms with Crippen LogP contribution in [-0.4, -0.2) is 55.1 Å². The summed E-state index contributed by atoms with van der Waals surface area (Å²) in [6.07, 6.45) is 0. The van der Waals surface area contributed by atoms with Crippen LogP contribution in [0.3, 0.4) is 0 Å². The molecule has 1 saturated heterocycles. The smallest absolute Gasteiger partial charge is 0.321 e. The van der Waals surface area contributed by atoms with Gasteiger partial charge in [-0.25, -0.2) is 9.18 Å². The monoisotopic (exact) mass is 294 g/mol. The van der Waals surface area contributed by atoms with E-state index < -0.39 is 0 Å². The zero-order valence-electron chi connectivity index (χ0n) is 12.4. The van der Waals surface area contributed by atoms with Crippen LogP contribution in [0.4, 0.5) is 14.9 Å². The highest BCUT2D eigenvalue weighted by molar-refractivity contribution is 5.89. The van der Waals surface area contributed by atoms with Crippen LogP contribution in [-0.2, 0) is 0 Å². The largest absolute Gasteiger partial charge is 0.330 e. The molecule has 2 amide bonds. The number of rotatable bonds is 4.